The zero-order valence-corrected chi connectivity index (χ0v) is 18.0. The highest BCUT2D eigenvalue weighted by atomic mass is 35.5. The van der Waals surface area contributed by atoms with E-state index in [1.807, 2.05) is 0 Å². The van der Waals surface area contributed by atoms with Gasteiger partial charge < -0.3 is 29.2 Å². The van der Waals surface area contributed by atoms with Crippen LogP contribution >= 0.6 is 11.6 Å². The first-order valence-corrected chi connectivity index (χ1v) is 10.4. The van der Waals surface area contributed by atoms with Crippen LogP contribution in [0.3, 0.4) is 0 Å². The number of benzene rings is 1. The SMILES string of the molecule is COCCNC(=O)c1ccc(OC2CCN(C(=O)C3=C(C)OCCO3)CC2)c(Cl)c1. The molecule has 0 radical (unpaired) electrons. The summed E-state index contributed by atoms with van der Waals surface area (Å²) in [5, 5.41) is 3.13. The summed E-state index contributed by atoms with van der Waals surface area (Å²) in [7, 11) is 1.58. The molecule has 1 aromatic carbocycles. The van der Waals surface area contributed by atoms with Gasteiger partial charge in [-0.3, -0.25) is 9.59 Å². The Kier molecular flexibility index (Phi) is 7.81. The number of allylic oxidation sites excluding steroid dienone is 1. The molecule has 2 heterocycles. The maximum Gasteiger partial charge on any atom is 0.292 e. The van der Waals surface area contributed by atoms with Crippen molar-refractivity contribution < 1.29 is 28.5 Å². The Balaban J connectivity index is 1.52. The smallest absolute Gasteiger partial charge is 0.292 e. The number of rotatable bonds is 7. The van der Waals surface area contributed by atoms with Crippen LogP contribution in [-0.4, -0.2) is 69.4 Å². The van der Waals surface area contributed by atoms with Crippen LogP contribution in [0.4, 0.5) is 0 Å². The number of carbonyl (C=O) groups is 2. The number of amides is 2. The summed E-state index contributed by atoms with van der Waals surface area (Å²) in [6.45, 7) is 4.58. The van der Waals surface area contributed by atoms with Crippen molar-refractivity contribution in [3.8, 4) is 5.75 Å². The van der Waals surface area contributed by atoms with Crippen LogP contribution in [0.5, 0.6) is 5.75 Å². The fourth-order valence-corrected chi connectivity index (χ4v) is 3.55. The standard InChI is InChI=1S/C21H27ClN2O6/c1-14-19(29-12-11-28-14)21(26)24-8-5-16(6-9-24)30-18-4-3-15(13-17(18)22)20(25)23-7-10-27-2/h3-4,13,16H,5-12H2,1-2H3,(H,23,25). The van der Waals surface area contributed by atoms with E-state index in [1.165, 1.54) is 0 Å². The minimum Gasteiger partial charge on any atom is -0.491 e. The average Bonchev–Trinajstić information content (AvgIpc) is 2.75. The van der Waals surface area contributed by atoms with Crippen LogP contribution in [-0.2, 0) is 19.0 Å². The Hall–Kier alpha value is -2.45. The lowest BCUT2D eigenvalue weighted by atomic mass is 10.1. The van der Waals surface area contributed by atoms with Gasteiger partial charge in [-0.05, 0) is 25.1 Å². The number of halogens is 1. The Morgan fingerprint density at radius 3 is 2.63 bits per heavy atom. The van der Waals surface area contributed by atoms with Crippen molar-refractivity contribution in [1.82, 2.24) is 10.2 Å². The summed E-state index contributed by atoms with van der Waals surface area (Å²) < 4.78 is 21.8. The molecule has 1 saturated heterocycles. The molecule has 3 rings (SSSR count). The van der Waals surface area contributed by atoms with E-state index in [-0.39, 0.29) is 17.9 Å². The topological polar surface area (TPSA) is 86.3 Å². The van der Waals surface area contributed by atoms with Gasteiger partial charge in [-0.15, -0.1) is 0 Å². The first-order chi connectivity index (χ1) is 14.5. The minimum atomic E-state index is -0.217. The van der Waals surface area contributed by atoms with E-state index < -0.39 is 0 Å². The maximum atomic E-state index is 12.6. The number of carbonyl (C=O) groups excluding carboxylic acids is 2. The normalized spacial score (nSPS) is 17.2. The fraction of sp³-hybridized carbons (Fsp3) is 0.524. The summed E-state index contributed by atoms with van der Waals surface area (Å²) in [5.74, 6) is 0.988. The third-order valence-electron chi connectivity index (χ3n) is 4.97. The number of hydrogen-bond acceptors (Lipinski definition) is 6. The lowest BCUT2D eigenvalue weighted by molar-refractivity contribution is -0.134. The van der Waals surface area contributed by atoms with E-state index in [1.54, 1.807) is 37.1 Å². The van der Waals surface area contributed by atoms with E-state index in [0.717, 1.165) is 0 Å². The molecule has 0 spiro atoms. The molecule has 2 aliphatic heterocycles. The van der Waals surface area contributed by atoms with Crippen LogP contribution in [0.15, 0.2) is 29.7 Å². The van der Waals surface area contributed by atoms with Gasteiger partial charge in [0.15, 0.2) is 0 Å². The molecule has 1 aromatic rings. The van der Waals surface area contributed by atoms with Gasteiger partial charge in [-0.2, -0.15) is 0 Å². The molecule has 0 unspecified atom stereocenters. The Labute approximate surface area is 181 Å². The molecule has 8 nitrogen and oxygen atoms in total. The van der Waals surface area contributed by atoms with Crippen LogP contribution in [0.1, 0.15) is 30.1 Å². The van der Waals surface area contributed by atoms with Gasteiger partial charge in [-0.1, -0.05) is 11.6 Å². The maximum absolute atomic E-state index is 12.6. The molecule has 2 aliphatic rings. The van der Waals surface area contributed by atoms with Crippen LogP contribution in [0.2, 0.25) is 5.02 Å². The number of nitrogens with zero attached hydrogens (tertiary/aromatic N) is 1. The van der Waals surface area contributed by atoms with E-state index in [9.17, 15) is 9.59 Å². The lowest BCUT2D eigenvalue weighted by Gasteiger charge is -2.33. The molecule has 0 atom stereocenters. The van der Waals surface area contributed by atoms with E-state index in [0.29, 0.717) is 80.2 Å². The Bertz CT molecular complexity index is 805. The van der Waals surface area contributed by atoms with E-state index in [2.05, 4.69) is 5.32 Å². The lowest BCUT2D eigenvalue weighted by Crippen LogP contribution is -2.43. The monoisotopic (exact) mass is 438 g/mol. The molecule has 1 N–H and O–H groups in total. The highest BCUT2D eigenvalue weighted by molar-refractivity contribution is 6.32. The molecule has 0 aromatic heterocycles. The number of nitrogens with one attached hydrogen (secondary N) is 1. The van der Waals surface area contributed by atoms with Crippen LogP contribution < -0.4 is 10.1 Å². The summed E-state index contributed by atoms with van der Waals surface area (Å²) in [6.07, 6.45) is 1.29. The fourth-order valence-electron chi connectivity index (χ4n) is 3.32. The van der Waals surface area contributed by atoms with Crippen molar-refractivity contribution in [1.29, 1.82) is 0 Å². The van der Waals surface area contributed by atoms with Crippen molar-refractivity contribution in [3.63, 3.8) is 0 Å². The van der Waals surface area contributed by atoms with E-state index >= 15 is 0 Å². The average molecular weight is 439 g/mol. The van der Waals surface area contributed by atoms with Crippen molar-refractivity contribution >= 4 is 23.4 Å². The van der Waals surface area contributed by atoms with Gasteiger partial charge in [-0.25, -0.2) is 0 Å². The Morgan fingerprint density at radius 1 is 1.23 bits per heavy atom. The van der Waals surface area contributed by atoms with Crippen molar-refractivity contribution in [3.05, 3.63) is 40.3 Å². The van der Waals surface area contributed by atoms with Crippen LogP contribution in [0.25, 0.3) is 0 Å². The van der Waals surface area contributed by atoms with Gasteiger partial charge in [0, 0.05) is 45.1 Å². The summed E-state index contributed by atoms with van der Waals surface area (Å²) >= 11 is 6.32. The number of methoxy groups -OCH3 is 1. The zero-order chi connectivity index (χ0) is 21.5. The van der Waals surface area contributed by atoms with Crippen LogP contribution in [0, 0.1) is 0 Å². The summed E-state index contributed by atoms with van der Waals surface area (Å²) in [6, 6.07) is 4.97. The second kappa shape index (κ2) is 10.5. The molecule has 0 saturated carbocycles. The number of likely N-dealkylation sites (tertiary alicyclic amines) is 1. The quantitative estimate of drug-likeness (QED) is 0.658. The van der Waals surface area contributed by atoms with Gasteiger partial charge in [0.1, 0.15) is 30.8 Å². The van der Waals surface area contributed by atoms with Crippen molar-refractivity contribution in [2.45, 2.75) is 25.9 Å². The van der Waals surface area contributed by atoms with Gasteiger partial charge in [0.2, 0.25) is 5.76 Å². The molecule has 9 heteroatoms. The van der Waals surface area contributed by atoms with Crippen molar-refractivity contribution in [2.24, 2.45) is 0 Å². The second-order valence-electron chi connectivity index (χ2n) is 7.09. The molecule has 0 aliphatic carbocycles. The molecular formula is C21H27ClN2O6. The number of ether oxygens (including phenoxy) is 4. The highest BCUT2D eigenvalue weighted by Gasteiger charge is 2.29. The molecule has 30 heavy (non-hydrogen) atoms. The molecule has 1 fully saturated rings. The molecule has 2 amide bonds. The third-order valence-corrected chi connectivity index (χ3v) is 5.27. The highest BCUT2D eigenvalue weighted by Crippen LogP contribution is 2.29. The Morgan fingerprint density at radius 2 is 1.97 bits per heavy atom. The minimum absolute atomic E-state index is 0.0634. The van der Waals surface area contributed by atoms with Crippen molar-refractivity contribution in [2.75, 3.05) is 46.6 Å². The molecular weight excluding hydrogens is 412 g/mol. The number of piperidine rings is 1. The van der Waals surface area contributed by atoms with Gasteiger partial charge in [0.25, 0.3) is 11.8 Å². The first-order valence-electron chi connectivity index (χ1n) is 9.98. The largest absolute Gasteiger partial charge is 0.491 e. The third kappa shape index (κ3) is 5.58. The molecule has 0 bridgehead atoms. The van der Waals surface area contributed by atoms with Gasteiger partial charge >= 0.3 is 0 Å². The second-order valence-corrected chi connectivity index (χ2v) is 7.49. The summed E-state index contributed by atoms with van der Waals surface area (Å²) in [4.78, 5) is 26.5. The summed E-state index contributed by atoms with van der Waals surface area (Å²) in [5.41, 5.74) is 0.460. The zero-order valence-electron chi connectivity index (χ0n) is 17.2. The van der Waals surface area contributed by atoms with Gasteiger partial charge in [0.05, 0.1) is 11.6 Å². The number of hydrogen-bond donors (Lipinski definition) is 1. The first kappa shape index (κ1) is 22.2. The predicted molar refractivity (Wildman–Crippen MR) is 110 cm³/mol. The predicted octanol–water partition coefficient (Wildman–Crippen LogP) is 2.36. The molecule has 164 valence electrons. The van der Waals surface area contributed by atoms with E-state index in [4.69, 9.17) is 30.5 Å².